The van der Waals surface area contributed by atoms with Gasteiger partial charge in [-0.3, -0.25) is 71.4 Å². The standard InChI is InChI=1S/C92H156N11O39PS/c1-55(108)99-74-83(124)79(120)63(51-104)139-89(74)134-36-23-10-6-18-30-93-69(113)46-60(47-70(114)94-31-19-7-11-24-37-135-90-75(100-56(2)109)84(125)80(121)64(52-105)140-90)78(119)59-43-61(45-62(44-59)133-41-35-97-68(112)29-17-16-22-34-98-87(128)67(48-73(117)118)144-42-28-15-14-27-40-138-143(130,131)132-5)88(129)103(49-71(115)95-32-20-8-12-25-38-136-91-76(101-57(3)110)85(126)81(122)65(53-106)141-91)50-72(116)96-33-21-9-13-26-39-137-92-77(102-58(4)111)86(127)82(123)66(54-107)142-92/h43-45,60,63-67,74-77,79-86,89-92,104-107,120-127H,6-42,46-54H2,1-5H3,(H,93,113)(H,94,114)(H,95,115)(H,96,116)(H,97,112)(H,98,128)(H,99,108)(H,100,109)(H,101,110)(H,102,111)(H,117,118)(H,130,131). The molecular formula is C92H156N11O39PS. The number of aliphatic hydroxyl groups is 12. The predicted octanol–water partition coefficient (Wildman–Crippen LogP) is -3.67. The number of nitrogens with zero attached hydrogens (tertiary/aromatic N) is 1. The van der Waals surface area contributed by atoms with E-state index in [1.807, 2.05) is 0 Å². The van der Waals surface area contributed by atoms with Gasteiger partial charge in [0.05, 0.1) is 51.2 Å². The molecule has 144 heavy (non-hydrogen) atoms. The fourth-order valence-electron chi connectivity index (χ4n) is 16.1. The predicted molar refractivity (Wildman–Crippen MR) is 510 cm³/mol. The molecule has 0 saturated carbocycles. The lowest BCUT2D eigenvalue weighted by Crippen LogP contribution is -2.64. The van der Waals surface area contributed by atoms with Crippen molar-refractivity contribution < 1.29 is 190 Å². The van der Waals surface area contributed by atoms with Gasteiger partial charge in [-0.1, -0.05) is 70.6 Å². The summed E-state index contributed by atoms with van der Waals surface area (Å²) in [5, 5.41) is 159. The van der Waals surface area contributed by atoms with Crippen molar-refractivity contribution in [2.24, 2.45) is 5.92 Å². The van der Waals surface area contributed by atoms with Crippen molar-refractivity contribution in [2.75, 3.05) is 131 Å². The molecule has 0 spiro atoms. The molecule has 0 bridgehead atoms. The summed E-state index contributed by atoms with van der Waals surface area (Å²) in [6, 6.07) is -1.02. The van der Waals surface area contributed by atoms with Crippen LogP contribution in [0.4, 0.5) is 0 Å². The summed E-state index contributed by atoms with van der Waals surface area (Å²) in [4.78, 5) is 184. The summed E-state index contributed by atoms with van der Waals surface area (Å²) in [7, 11) is -3.04. The lowest BCUT2D eigenvalue weighted by Gasteiger charge is -2.42. The van der Waals surface area contributed by atoms with E-state index >= 15 is 9.59 Å². The van der Waals surface area contributed by atoms with Crippen LogP contribution in [0.5, 0.6) is 5.75 Å². The molecule has 4 fully saturated rings. The number of carboxylic acid groups (broad SMARTS) is 1. The molecule has 5 rings (SSSR count). The third-order valence-electron chi connectivity index (χ3n) is 23.9. The molecule has 4 saturated heterocycles. The van der Waals surface area contributed by atoms with Crippen molar-refractivity contribution in [1.29, 1.82) is 0 Å². The maximum atomic E-state index is 15.5. The third-order valence-corrected chi connectivity index (χ3v) is 26.2. The Bertz CT molecular complexity index is 3740. The lowest BCUT2D eigenvalue weighted by atomic mass is 9.90. The number of carbonyl (C=O) groups excluding carboxylic acids is 12. The van der Waals surface area contributed by atoms with Crippen molar-refractivity contribution >= 4 is 96.3 Å². The van der Waals surface area contributed by atoms with Crippen LogP contribution in [0.25, 0.3) is 0 Å². The minimum atomic E-state index is -4.09. The lowest BCUT2D eigenvalue weighted by molar-refractivity contribution is -0.270. The summed E-state index contributed by atoms with van der Waals surface area (Å²) in [5.41, 5.74) is -0.607. The molecule has 1 aromatic rings. The Morgan fingerprint density at radius 2 is 0.715 bits per heavy atom. The third kappa shape index (κ3) is 47.7. The van der Waals surface area contributed by atoms with Crippen LogP contribution in [0.1, 0.15) is 222 Å². The van der Waals surface area contributed by atoms with Gasteiger partial charge in [0.2, 0.25) is 59.1 Å². The molecule has 22 unspecified atom stereocenters. The number of thioether (sulfide) groups is 1. The summed E-state index contributed by atoms with van der Waals surface area (Å²) in [6.07, 6.45) is -12.5. The SMILES string of the molecule is COP(=O)(O)OCCCCCCSC(CC(=O)O)C(=O)NCCCCCC(=O)NCCOc1cc(C(=O)C(CC(=O)NCCCCCCOC2OC(CO)C(O)C(O)C2NC(C)=O)CC(=O)NCCCCCCOC2OC(CO)C(O)C(O)C2NC(C)=O)cc(C(=O)N(CC(=O)NCCCCCCOC2OC(CO)C(O)C(O)C2NC(C)=O)CC(=O)NCCCCCCOC2OC(CO)C(O)C(O)C2NC(C)=O)c1. The monoisotopic (exact) mass is 2100 g/mol. The first-order valence-electron chi connectivity index (χ1n) is 49.4. The number of aliphatic carboxylic acids is 1. The van der Waals surface area contributed by atoms with E-state index in [1.54, 1.807) is 0 Å². The molecule has 4 aliphatic heterocycles. The number of hydrogen-bond donors (Lipinski definition) is 24. The van der Waals surface area contributed by atoms with Gasteiger partial charge in [-0.2, -0.15) is 0 Å². The van der Waals surface area contributed by atoms with Gasteiger partial charge in [-0.05, 0) is 101 Å². The second-order valence-corrected chi connectivity index (χ2v) is 38.7. The molecule has 0 radical (unpaired) electrons. The van der Waals surface area contributed by atoms with Gasteiger partial charge in [-0.15, -0.1) is 11.8 Å². The second-order valence-electron chi connectivity index (χ2n) is 35.8. The molecule has 22 atom stereocenters. The zero-order valence-corrected chi connectivity index (χ0v) is 84.4. The van der Waals surface area contributed by atoms with Crippen LogP contribution in [-0.2, 0) is 104 Å². The topological polar surface area (TPSA) is 747 Å². The van der Waals surface area contributed by atoms with Crippen molar-refractivity contribution in [3.05, 3.63) is 29.3 Å². The number of ketones is 1. The molecule has 24 N–H and O–H groups in total. The average molecular weight is 2100 g/mol. The quantitative estimate of drug-likeness (QED) is 0.0170. The Morgan fingerprint density at radius 3 is 1.07 bits per heavy atom. The number of hydrogen-bond acceptors (Lipinski definition) is 38. The van der Waals surface area contributed by atoms with Crippen molar-refractivity contribution in [2.45, 2.75) is 329 Å². The zero-order chi connectivity index (χ0) is 106. The van der Waals surface area contributed by atoms with E-state index in [-0.39, 0.29) is 102 Å². The molecule has 0 aromatic heterocycles. The number of carbonyl (C=O) groups is 13. The number of unbranched alkanes of at least 4 members (excludes halogenated alkanes) is 17. The number of ether oxygens (including phenoxy) is 9. The van der Waals surface area contributed by atoms with Gasteiger partial charge in [0.1, 0.15) is 123 Å². The van der Waals surface area contributed by atoms with Crippen molar-refractivity contribution in [1.82, 2.24) is 58.1 Å². The van der Waals surface area contributed by atoms with Crippen LogP contribution in [0, 0.1) is 5.92 Å². The van der Waals surface area contributed by atoms with Gasteiger partial charge in [0.15, 0.2) is 30.9 Å². The van der Waals surface area contributed by atoms with Crippen LogP contribution >= 0.6 is 19.6 Å². The van der Waals surface area contributed by atoms with Crippen LogP contribution in [-0.4, -0.2) is 412 Å². The van der Waals surface area contributed by atoms with E-state index in [9.17, 15) is 129 Å². The number of amides is 11. The minimum absolute atomic E-state index is 0.00416. The highest BCUT2D eigenvalue weighted by Gasteiger charge is 2.50. The largest absolute Gasteiger partial charge is 0.492 e. The Labute approximate surface area is 841 Å². The number of phosphoric ester groups is 1. The molecule has 4 heterocycles. The van der Waals surface area contributed by atoms with Gasteiger partial charge in [-0.25, -0.2) is 4.57 Å². The Hall–Kier alpha value is -8.01. The fraction of sp³-hybridized carbons (Fsp3) is 0.793. The zero-order valence-electron chi connectivity index (χ0n) is 82.7. The molecule has 4 aliphatic rings. The number of phosphoric acid groups is 1. The van der Waals surface area contributed by atoms with Gasteiger partial charge in [0.25, 0.3) is 5.91 Å². The normalized spacial score (nSPS) is 25.0. The Kier molecular flexibility index (Phi) is 61.5. The summed E-state index contributed by atoms with van der Waals surface area (Å²) < 4.78 is 72.9. The highest BCUT2D eigenvalue weighted by Crippen LogP contribution is 2.42. The first-order valence-corrected chi connectivity index (χ1v) is 52.0. The minimum Gasteiger partial charge on any atom is -0.492 e. The number of rotatable bonds is 74. The highest BCUT2D eigenvalue weighted by molar-refractivity contribution is 8.00. The number of nitrogens with one attached hydrogen (secondary N) is 10. The number of aliphatic hydroxyl groups excluding tert-OH is 12. The van der Waals surface area contributed by atoms with Gasteiger partial charge < -0.3 is 172 Å². The first-order chi connectivity index (χ1) is 68.8. The van der Waals surface area contributed by atoms with Crippen molar-refractivity contribution in [3.8, 4) is 5.75 Å². The summed E-state index contributed by atoms with van der Waals surface area (Å²) >= 11 is 1.19. The molecule has 11 amide bonds. The number of benzene rings is 1. The van der Waals surface area contributed by atoms with Crippen LogP contribution < -0.4 is 57.9 Å². The van der Waals surface area contributed by atoms with E-state index in [4.69, 9.17) is 47.2 Å². The number of carboxylic acids is 1. The first kappa shape index (κ1) is 126. The van der Waals surface area contributed by atoms with Gasteiger partial charge >= 0.3 is 13.8 Å². The Balaban J connectivity index is 1.38. The van der Waals surface area contributed by atoms with E-state index in [0.29, 0.717) is 153 Å². The summed E-state index contributed by atoms with van der Waals surface area (Å²) in [5.74, 6) is -9.99. The van der Waals surface area contributed by atoms with E-state index < -0.39 is 277 Å². The maximum Gasteiger partial charge on any atom is 0.471 e. The van der Waals surface area contributed by atoms with Crippen LogP contribution in [0.2, 0.25) is 0 Å². The van der Waals surface area contributed by atoms with E-state index in [1.165, 1.54) is 51.6 Å². The molecule has 1 aromatic carbocycles. The Morgan fingerprint density at radius 1 is 0.389 bits per heavy atom. The molecule has 824 valence electrons. The fourth-order valence-corrected chi connectivity index (χ4v) is 17.7. The van der Waals surface area contributed by atoms with E-state index in [2.05, 4.69) is 57.7 Å². The molecule has 0 aliphatic carbocycles. The maximum absolute atomic E-state index is 15.5. The molecular weight excluding hydrogens is 1950 g/mol. The highest BCUT2D eigenvalue weighted by atomic mass is 32.2. The number of Topliss-reactive ketones (excluding diaryl/α,β-unsaturated/α-hetero) is 1. The van der Waals surface area contributed by atoms with Crippen molar-refractivity contribution in [3.63, 3.8) is 0 Å². The molecule has 52 heteroatoms. The van der Waals surface area contributed by atoms with E-state index in [0.717, 1.165) is 18.1 Å². The van der Waals surface area contributed by atoms with Gasteiger partial charge in [0, 0.05) is 130 Å². The van der Waals surface area contributed by atoms with Crippen LogP contribution in [0.3, 0.4) is 0 Å². The average Bonchev–Trinajstić information content (AvgIpc) is 0.825. The second kappa shape index (κ2) is 70.1. The smallest absolute Gasteiger partial charge is 0.471 e. The van der Waals surface area contributed by atoms with Crippen LogP contribution in [0.15, 0.2) is 18.2 Å². The summed E-state index contributed by atoms with van der Waals surface area (Å²) in [6.45, 7) is 0.903. The molecule has 50 nitrogen and oxygen atoms in total.